The second-order valence-corrected chi connectivity index (χ2v) is 2.26. The average molecular weight is 145 g/mol. The van der Waals surface area contributed by atoms with Crippen LogP contribution in [0.15, 0.2) is 36.7 Å². The lowest BCUT2D eigenvalue weighted by Crippen LogP contribution is -2.15. The van der Waals surface area contributed by atoms with Gasteiger partial charge in [0, 0.05) is 17.9 Å². The molecule has 0 amide bonds. The SMILES string of the molecule is N=c1nccc2ccccn12. The largest absolute Gasteiger partial charge is 0.286 e. The van der Waals surface area contributed by atoms with Gasteiger partial charge in [0.2, 0.25) is 5.62 Å². The number of nitrogens with zero attached hydrogens (tertiary/aromatic N) is 2. The summed E-state index contributed by atoms with van der Waals surface area (Å²) in [5.74, 6) is 0. The Kier molecular flexibility index (Phi) is 1.22. The van der Waals surface area contributed by atoms with E-state index in [1.807, 2.05) is 30.5 Å². The molecule has 0 atom stereocenters. The third-order valence-electron chi connectivity index (χ3n) is 1.56. The van der Waals surface area contributed by atoms with Crippen molar-refractivity contribution in [2.75, 3.05) is 0 Å². The van der Waals surface area contributed by atoms with Crippen LogP contribution in [0.25, 0.3) is 5.52 Å². The average Bonchev–Trinajstić information content (AvgIpc) is 2.06. The summed E-state index contributed by atoms with van der Waals surface area (Å²) in [4.78, 5) is 3.84. The van der Waals surface area contributed by atoms with E-state index >= 15 is 0 Å². The molecule has 0 fully saturated rings. The van der Waals surface area contributed by atoms with Gasteiger partial charge < -0.3 is 0 Å². The predicted octanol–water partition coefficient (Wildman–Crippen LogP) is 0.814. The lowest BCUT2D eigenvalue weighted by atomic mass is 10.4. The Morgan fingerprint density at radius 2 is 2.18 bits per heavy atom. The van der Waals surface area contributed by atoms with Crippen molar-refractivity contribution >= 4 is 5.52 Å². The Labute approximate surface area is 63.5 Å². The fraction of sp³-hybridized carbons (Fsp3) is 0. The summed E-state index contributed by atoms with van der Waals surface area (Å²) in [6.45, 7) is 0. The van der Waals surface area contributed by atoms with Crippen molar-refractivity contribution < 1.29 is 0 Å². The van der Waals surface area contributed by atoms with Crippen molar-refractivity contribution in [3.05, 3.63) is 42.3 Å². The van der Waals surface area contributed by atoms with Crippen LogP contribution in [0.2, 0.25) is 0 Å². The van der Waals surface area contributed by atoms with Gasteiger partial charge in [-0.25, -0.2) is 4.98 Å². The highest BCUT2D eigenvalue weighted by Crippen LogP contribution is 1.95. The van der Waals surface area contributed by atoms with E-state index in [9.17, 15) is 0 Å². The van der Waals surface area contributed by atoms with Crippen molar-refractivity contribution in [2.45, 2.75) is 0 Å². The van der Waals surface area contributed by atoms with E-state index in [1.54, 1.807) is 10.6 Å². The topological polar surface area (TPSA) is 41.2 Å². The van der Waals surface area contributed by atoms with E-state index < -0.39 is 0 Å². The molecule has 0 saturated heterocycles. The summed E-state index contributed by atoms with van der Waals surface area (Å²) < 4.78 is 1.72. The molecule has 3 heteroatoms. The van der Waals surface area contributed by atoms with Crippen molar-refractivity contribution in [3.63, 3.8) is 0 Å². The van der Waals surface area contributed by atoms with Gasteiger partial charge in [-0.1, -0.05) is 6.07 Å². The van der Waals surface area contributed by atoms with Gasteiger partial charge in [-0.3, -0.25) is 9.81 Å². The van der Waals surface area contributed by atoms with Gasteiger partial charge >= 0.3 is 0 Å². The maximum absolute atomic E-state index is 7.42. The molecule has 0 aliphatic rings. The first-order valence-electron chi connectivity index (χ1n) is 3.35. The molecule has 0 bridgehead atoms. The monoisotopic (exact) mass is 145 g/mol. The van der Waals surface area contributed by atoms with Crippen molar-refractivity contribution in [1.82, 2.24) is 9.38 Å². The number of rotatable bonds is 0. The Balaban J connectivity index is 3.03. The normalized spacial score (nSPS) is 10.2. The Morgan fingerprint density at radius 3 is 3.00 bits per heavy atom. The van der Waals surface area contributed by atoms with Gasteiger partial charge in [-0.2, -0.15) is 0 Å². The number of fused-ring (bicyclic) bond motifs is 1. The van der Waals surface area contributed by atoms with E-state index in [0.29, 0.717) is 0 Å². The molecule has 0 spiro atoms. The Hall–Kier alpha value is -1.64. The lowest BCUT2D eigenvalue weighted by Gasteiger charge is -1.96. The fourth-order valence-electron chi connectivity index (χ4n) is 1.03. The molecule has 0 unspecified atom stereocenters. The molecule has 0 aliphatic carbocycles. The highest BCUT2D eigenvalue weighted by molar-refractivity contribution is 5.44. The molecule has 0 radical (unpaired) electrons. The summed E-state index contributed by atoms with van der Waals surface area (Å²) >= 11 is 0. The van der Waals surface area contributed by atoms with Crippen molar-refractivity contribution in [3.8, 4) is 0 Å². The molecule has 0 aliphatic heterocycles. The molecular weight excluding hydrogens is 138 g/mol. The molecular formula is C8H7N3. The van der Waals surface area contributed by atoms with E-state index in [0.717, 1.165) is 5.52 Å². The van der Waals surface area contributed by atoms with Gasteiger partial charge in [0.15, 0.2) is 0 Å². The molecule has 0 saturated carbocycles. The minimum Gasteiger partial charge on any atom is -0.286 e. The second-order valence-electron chi connectivity index (χ2n) is 2.26. The molecule has 2 aromatic heterocycles. The molecule has 2 heterocycles. The zero-order chi connectivity index (χ0) is 7.68. The highest BCUT2D eigenvalue weighted by Gasteiger charge is 1.88. The Bertz CT molecular complexity index is 425. The highest BCUT2D eigenvalue weighted by atomic mass is 15.0. The molecule has 11 heavy (non-hydrogen) atoms. The molecule has 2 aromatic rings. The van der Waals surface area contributed by atoms with Gasteiger partial charge in [-0.05, 0) is 18.2 Å². The van der Waals surface area contributed by atoms with Crippen LogP contribution in [0.4, 0.5) is 0 Å². The van der Waals surface area contributed by atoms with E-state index in [1.165, 1.54) is 0 Å². The molecule has 3 nitrogen and oxygen atoms in total. The maximum atomic E-state index is 7.42. The first-order chi connectivity index (χ1) is 5.38. The van der Waals surface area contributed by atoms with Gasteiger partial charge in [0.25, 0.3) is 0 Å². The van der Waals surface area contributed by atoms with Gasteiger partial charge in [-0.15, -0.1) is 0 Å². The minimum atomic E-state index is 0.267. The summed E-state index contributed by atoms with van der Waals surface area (Å²) in [5, 5.41) is 7.42. The maximum Gasteiger partial charge on any atom is 0.226 e. The molecule has 1 N–H and O–H groups in total. The number of nitrogens with one attached hydrogen (secondary N) is 1. The van der Waals surface area contributed by atoms with Crippen LogP contribution >= 0.6 is 0 Å². The van der Waals surface area contributed by atoms with E-state index in [-0.39, 0.29) is 5.62 Å². The van der Waals surface area contributed by atoms with Crippen molar-refractivity contribution in [1.29, 1.82) is 5.41 Å². The van der Waals surface area contributed by atoms with Crippen LogP contribution in [0, 0.1) is 5.41 Å². The van der Waals surface area contributed by atoms with Crippen LogP contribution in [0.5, 0.6) is 0 Å². The molecule has 0 aromatic carbocycles. The summed E-state index contributed by atoms with van der Waals surface area (Å²) in [6, 6.07) is 7.64. The zero-order valence-corrected chi connectivity index (χ0v) is 5.86. The first-order valence-corrected chi connectivity index (χ1v) is 3.35. The predicted molar refractivity (Wildman–Crippen MR) is 41.0 cm³/mol. The summed E-state index contributed by atoms with van der Waals surface area (Å²) in [6.07, 6.45) is 3.46. The van der Waals surface area contributed by atoms with Gasteiger partial charge in [0.1, 0.15) is 0 Å². The number of hydrogen-bond donors (Lipinski definition) is 1. The number of hydrogen-bond acceptors (Lipinski definition) is 2. The standard InChI is InChI=1S/C8H7N3/c9-8-10-5-4-7-3-1-2-6-11(7)8/h1-6,9H. The van der Waals surface area contributed by atoms with E-state index in [2.05, 4.69) is 4.98 Å². The third kappa shape index (κ3) is 0.902. The van der Waals surface area contributed by atoms with Crippen LogP contribution in [-0.4, -0.2) is 9.38 Å². The first kappa shape index (κ1) is 6.09. The third-order valence-corrected chi connectivity index (χ3v) is 1.56. The molecule has 54 valence electrons. The summed E-state index contributed by atoms with van der Waals surface area (Å²) in [7, 11) is 0. The quantitative estimate of drug-likeness (QED) is 0.585. The smallest absolute Gasteiger partial charge is 0.226 e. The lowest BCUT2D eigenvalue weighted by molar-refractivity contribution is 0.908. The van der Waals surface area contributed by atoms with E-state index in [4.69, 9.17) is 5.41 Å². The summed E-state index contributed by atoms with van der Waals surface area (Å²) in [5.41, 5.74) is 1.26. The Morgan fingerprint density at radius 1 is 1.27 bits per heavy atom. The number of pyridine rings is 1. The van der Waals surface area contributed by atoms with Crippen LogP contribution in [0.1, 0.15) is 0 Å². The molecule has 2 rings (SSSR count). The van der Waals surface area contributed by atoms with Crippen LogP contribution in [0.3, 0.4) is 0 Å². The number of aromatic nitrogens is 2. The minimum absolute atomic E-state index is 0.267. The fourth-order valence-corrected chi connectivity index (χ4v) is 1.03. The van der Waals surface area contributed by atoms with Gasteiger partial charge in [0.05, 0.1) is 0 Å². The zero-order valence-electron chi connectivity index (χ0n) is 5.86. The van der Waals surface area contributed by atoms with Crippen LogP contribution in [-0.2, 0) is 0 Å². The van der Waals surface area contributed by atoms with Crippen molar-refractivity contribution in [2.24, 2.45) is 0 Å². The second kappa shape index (κ2) is 2.20. The van der Waals surface area contributed by atoms with Crippen LogP contribution < -0.4 is 5.62 Å².